The Bertz CT molecular complexity index is 1360. The zero-order valence-electron chi connectivity index (χ0n) is 25.5. The number of ether oxygens (including phenoxy) is 2. The molecule has 0 saturated heterocycles. The fourth-order valence-electron chi connectivity index (χ4n) is 9.59. The molecule has 14 heteroatoms. The predicted octanol–water partition coefficient (Wildman–Crippen LogP) is 6.26. The van der Waals surface area contributed by atoms with Crippen molar-refractivity contribution in [2.45, 2.75) is 102 Å². The molecule has 1 aromatic rings. The van der Waals surface area contributed by atoms with Gasteiger partial charge in [-0.15, -0.1) is 0 Å². The summed E-state index contributed by atoms with van der Waals surface area (Å²) in [5.41, 5.74) is 0.0138. The minimum Gasteiger partial charge on any atom is -0.449 e. The van der Waals surface area contributed by atoms with Crippen LogP contribution in [0.3, 0.4) is 0 Å². The highest BCUT2D eigenvalue weighted by Gasteiger charge is 2.63. The van der Waals surface area contributed by atoms with Crippen LogP contribution in [0.15, 0.2) is 29.2 Å². The van der Waals surface area contributed by atoms with Gasteiger partial charge in [-0.1, -0.05) is 20.8 Å². The molecule has 4 aliphatic rings. The summed E-state index contributed by atoms with van der Waals surface area (Å²) in [5, 5.41) is 21.7. The lowest BCUT2D eigenvalue weighted by molar-refractivity contribution is -0.360. The van der Waals surface area contributed by atoms with Crippen molar-refractivity contribution in [3.05, 3.63) is 24.3 Å². The van der Waals surface area contributed by atoms with Crippen molar-refractivity contribution >= 4 is 16.1 Å². The number of halogens is 5. The van der Waals surface area contributed by atoms with Gasteiger partial charge in [0.25, 0.3) is 10.0 Å². The number of carbonyl (C=O) groups is 1. The van der Waals surface area contributed by atoms with Gasteiger partial charge in [-0.3, -0.25) is 0 Å². The van der Waals surface area contributed by atoms with E-state index in [1.54, 1.807) is 4.72 Å². The summed E-state index contributed by atoms with van der Waals surface area (Å²) >= 11 is 0. The molecule has 0 spiro atoms. The van der Waals surface area contributed by atoms with Gasteiger partial charge in [0.15, 0.2) is 0 Å². The Morgan fingerprint density at radius 1 is 0.978 bits per heavy atom. The highest BCUT2D eigenvalue weighted by Crippen LogP contribution is 2.68. The van der Waals surface area contributed by atoms with Gasteiger partial charge >= 0.3 is 18.4 Å². The topological polar surface area (TPSA) is 122 Å². The van der Waals surface area contributed by atoms with Crippen molar-refractivity contribution in [3.63, 3.8) is 0 Å². The number of alkyl halides is 5. The van der Waals surface area contributed by atoms with Crippen molar-refractivity contribution < 1.29 is 54.9 Å². The molecule has 45 heavy (non-hydrogen) atoms. The summed E-state index contributed by atoms with van der Waals surface area (Å²) < 4.78 is 99.3. The van der Waals surface area contributed by atoms with Crippen molar-refractivity contribution in [1.82, 2.24) is 4.72 Å². The summed E-state index contributed by atoms with van der Waals surface area (Å²) in [6.45, 7) is 6.51. The largest absolute Gasteiger partial charge is 0.499 e. The molecule has 8 nitrogen and oxygen atoms in total. The van der Waals surface area contributed by atoms with Crippen LogP contribution in [-0.2, 0) is 14.8 Å². The van der Waals surface area contributed by atoms with Gasteiger partial charge in [0.05, 0.1) is 23.7 Å². The summed E-state index contributed by atoms with van der Waals surface area (Å²) in [4.78, 5) is 11.9. The molecule has 1 aromatic carbocycles. The number of amides is 1. The zero-order valence-corrected chi connectivity index (χ0v) is 26.3. The molecule has 254 valence electrons. The molecule has 4 saturated carbocycles. The number of benzene rings is 1. The first-order valence-electron chi connectivity index (χ1n) is 15.6. The smallest absolute Gasteiger partial charge is 0.449 e. The summed E-state index contributed by atoms with van der Waals surface area (Å²) in [6.07, 6.45) is -6.40. The molecule has 0 radical (unpaired) electrons. The van der Waals surface area contributed by atoms with E-state index >= 15 is 0 Å². The van der Waals surface area contributed by atoms with Crippen LogP contribution < -0.4 is 9.46 Å². The van der Waals surface area contributed by atoms with Gasteiger partial charge < -0.3 is 19.7 Å². The zero-order chi connectivity index (χ0) is 33.2. The predicted molar refractivity (Wildman–Crippen MR) is 152 cm³/mol. The molecular weight excluding hydrogens is 625 g/mol. The van der Waals surface area contributed by atoms with Crippen molar-refractivity contribution in [1.29, 1.82) is 0 Å². The Kier molecular flexibility index (Phi) is 8.96. The third-order valence-corrected chi connectivity index (χ3v) is 13.1. The standard InChI is InChI=1S/C31H42F5NO7S/c1-17(16-43-27(40)37-45(41,42)21-6-4-20(5-7-21)44-31(35,36)30(32,33)34)22-8-9-23-26-24(11-13-29(22,23)3)28(2)12-10-19(38)14-18(28)15-25(26)39/h4-7,17-19,22-26,38-39H,8-16H2,1-3H3,(H,37,40)/t17-,18?,19-,22-,23+,24+,25-,26+,28?,29-/m1/s1. The van der Waals surface area contributed by atoms with Gasteiger partial charge in [-0.25, -0.2) is 17.9 Å². The molecule has 3 N–H and O–H groups in total. The lowest BCUT2D eigenvalue weighted by atomic mass is 9.43. The van der Waals surface area contributed by atoms with E-state index in [0.29, 0.717) is 36.3 Å². The summed E-state index contributed by atoms with van der Waals surface area (Å²) in [7, 11) is -4.52. The molecule has 4 aliphatic carbocycles. The number of carbonyl (C=O) groups excluding carboxylic acids is 1. The lowest BCUT2D eigenvalue weighted by Crippen LogP contribution is -2.58. The van der Waals surface area contributed by atoms with Gasteiger partial charge in [-0.2, -0.15) is 22.0 Å². The van der Waals surface area contributed by atoms with Gasteiger partial charge in [-0.05, 0) is 122 Å². The van der Waals surface area contributed by atoms with E-state index in [0.717, 1.165) is 57.1 Å². The van der Waals surface area contributed by atoms with E-state index in [1.165, 1.54) is 0 Å². The first kappa shape index (κ1) is 34.2. The van der Waals surface area contributed by atoms with Crippen LogP contribution in [0.2, 0.25) is 0 Å². The van der Waals surface area contributed by atoms with Gasteiger partial charge in [0.2, 0.25) is 0 Å². The Hall–Kier alpha value is -2.19. The highest BCUT2D eigenvalue weighted by molar-refractivity contribution is 7.90. The molecule has 1 amide bonds. The molecule has 5 rings (SSSR count). The second-order valence-electron chi connectivity index (χ2n) is 14.2. The summed E-state index contributed by atoms with van der Waals surface area (Å²) in [5.74, 6) is 0.333. The van der Waals surface area contributed by atoms with Crippen molar-refractivity contribution in [3.8, 4) is 5.75 Å². The maximum Gasteiger partial charge on any atom is 0.499 e. The van der Waals surface area contributed by atoms with E-state index < -0.39 is 45.2 Å². The van der Waals surface area contributed by atoms with E-state index in [1.807, 2.05) is 6.92 Å². The van der Waals surface area contributed by atoms with Crippen LogP contribution in [0, 0.1) is 46.3 Å². The van der Waals surface area contributed by atoms with Crippen molar-refractivity contribution in [2.75, 3.05) is 6.61 Å². The number of rotatable bonds is 7. The fourth-order valence-corrected chi connectivity index (χ4v) is 10.5. The first-order chi connectivity index (χ1) is 20.8. The second kappa shape index (κ2) is 11.8. The molecule has 0 heterocycles. The summed E-state index contributed by atoms with van der Waals surface area (Å²) in [6, 6.07) is 2.70. The maximum absolute atomic E-state index is 13.1. The fraction of sp³-hybridized carbons (Fsp3) is 0.774. The number of aliphatic hydroxyl groups is 2. The molecule has 10 atom stereocenters. The maximum atomic E-state index is 13.1. The second-order valence-corrected chi connectivity index (χ2v) is 15.9. The Morgan fingerprint density at radius 3 is 2.24 bits per heavy atom. The molecule has 4 fully saturated rings. The van der Waals surface area contributed by atoms with E-state index in [-0.39, 0.29) is 41.3 Å². The molecule has 0 bridgehead atoms. The quantitative estimate of drug-likeness (QED) is 0.294. The van der Waals surface area contributed by atoms with Crippen LogP contribution in [0.25, 0.3) is 0 Å². The molecule has 0 aliphatic heterocycles. The van der Waals surface area contributed by atoms with Crippen LogP contribution in [-0.4, -0.2) is 55.8 Å². The number of sulfonamides is 1. The number of hydrogen-bond donors (Lipinski definition) is 3. The van der Waals surface area contributed by atoms with Crippen LogP contribution in [0.5, 0.6) is 5.75 Å². The van der Waals surface area contributed by atoms with Gasteiger partial charge in [0, 0.05) is 0 Å². The number of nitrogens with one attached hydrogen (secondary N) is 1. The SMILES string of the molecule is C[C@H](COC(=O)NS(=O)(=O)c1ccc(OC(F)(F)C(F)(F)F)cc1)[C@H]1CC[C@H]2[C@@H]3[C@H](O)CC4C[C@H](O)CCC4(C)[C@H]3CC[C@]12C. The number of fused-ring (bicyclic) bond motifs is 5. The average molecular weight is 668 g/mol. The molecular formula is C31H42F5NO7S. The first-order valence-corrected chi connectivity index (χ1v) is 17.1. The lowest BCUT2D eigenvalue weighted by Gasteiger charge is -2.62. The minimum absolute atomic E-state index is 0.0536. The van der Waals surface area contributed by atoms with Crippen LogP contribution in [0.1, 0.15) is 72.1 Å². The number of hydrogen-bond acceptors (Lipinski definition) is 7. The van der Waals surface area contributed by atoms with E-state index in [4.69, 9.17) is 4.74 Å². The monoisotopic (exact) mass is 667 g/mol. The van der Waals surface area contributed by atoms with E-state index in [9.17, 15) is 45.4 Å². The average Bonchev–Trinajstić information content (AvgIpc) is 3.29. The Balaban J connectivity index is 1.18. The minimum atomic E-state index is -5.96. The Morgan fingerprint density at radius 2 is 1.60 bits per heavy atom. The third-order valence-electron chi connectivity index (χ3n) is 11.8. The van der Waals surface area contributed by atoms with Gasteiger partial charge in [0.1, 0.15) is 5.75 Å². The number of aliphatic hydroxyl groups excluding tert-OH is 2. The Labute approximate surface area is 260 Å². The van der Waals surface area contributed by atoms with Crippen LogP contribution >= 0.6 is 0 Å². The normalized spacial score (nSPS) is 37.5. The third kappa shape index (κ3) is 6.27. The van der Waals surface area contributed by atoms with Crippen LogP contribution in [0.4, 0.5) is 26.7 Å². The molecule has 2 unspecified atom stereocenters. The highest BCUT2D eigenvalue weighted by atomic mass is 32.2. The molecule has 0 aromatic heterocycles. The van der Waals surface area contributed by atoms with E-state index in [2.05, 4.69) is 18.6 Å². The van der Waals surface area contributed by atoms with Crippen molar-refractivity contribution in [2.24, 2.45) is 46.3 Å².